The van der Waals surface area contributed by atoms with Crippen molar-refractivity contribution in [3.8, 4) is 22.7 Å². The van der Waals surface area contributed by atoms with Crippen LogP contribution in [0.2, 0.25) is 0 Å². The zero-order valence-corrected chi connectivity index (χ0v) is 10.6. The second-order valence-corrected chi connectivity index (χ2v) is 4.17. The topological polar surface area (TPSA) is 51.8 Å². The van der Waals surface area contributed by atoms with Crippen molar-refractivity contribution in [2.45, 2.75) is 13.3 Å². The van der Waals surface area contributed by atoms with Crippen LogP contribution in [-0.2, 0) is 6.42 Å². The van der Waals surface area contributed by atoms with Crippen LogP contribution in [0.4, 0.5) is 0 Å². The van der Waals surface area contributed by atoms with Crippen LogP contribution in [0.15, 0.2) is 53.2 Å². The average molecular weight is 251 g/mol. The van der Waals surface area contributed by atoms with Gasteiger partial charge in [0.05, 0.1) is 0 Å². The molecule has 3 aromatic rings. The smallest absolute Gasteiger partial charge is 0.276 e. The quantitative estimate of drug-likeness (QED) is 0.716. The normalized spacial score (nSPS) is 10.6. The highest BCUT2D eigenvalue weighted by molar-refractivity contribution is 5.67. The molecule has 0 aliphatic heterocycles. The molecule has 0 radical (unpaired) electrons. The monoisotopic (exact) mass is 251 g/mol. The first-order valence-electron chi connectivity index (χ1n) is 6.21. The molecule has 2 aromatic heterocycles. The lowest BCUT2D eigenvalue weighted by Crippen LogP contribution is -1.86. The standard InChI is InChI=1S/C15H13N3O/c1-2-14-17-15(19-18-14)13-10-12(8-9-16-13)11-6-4-3-5-7-11/h3-10H,2H2,1H3. The van der Waals surface area contributed by atoms with Crippen LogP contribution < -0.4 is 0 Å². The number of aromatic nitrogens is 3. The molecule has 0 spiro atoms. The first-order valence-corrected chi connectivity index (χ1v) is 6.21. The van der Waals surface area contributed by atoms with Crippen LogP contribution in [-0.4, -0.2) is 15.1 Å². The Kier molecular flexibility index (Phi) is 3.06. The number of hydrogen-bond donors (Lipinski definition) is 0. The molecular formula is C15H13N3O. The van der Waals surface area contributed by atoms with Crippen molar-refractivity contribution < 1.29 is 4.52 Å². The zero-order valence-electron chi connectivity index (χ0n) is 10.6. The van der Waals surface area contributed by atoms with Crippen molar-refractivity contribution in [3.05, 3.63) is 54.5 Å². The maximum Gasteiger partial charge on any atom is 0.276 e. The summed E-state index contributed by atoms with van der Waals surface area (Å²) in [6.07, 6.45) is 2.51. The minimum atomic E-state index is 0.467. The molecule has 3 rings (SSSR count). The molecule has 0 aliphatic rings. The second kappa shape index (κ2) is 5.02. The lowest BCUT2D eigenvalue weighted by molar-refractivity contribution is 0.422. The van der Waals surface area contributed by atoms with Gasteiger partial charge in [0.15, 0.2) is 5.82 Å². The predicted molar refractivity (Wildman–Crippen MR) is 72.3 cm³/mol. The molecule has 0 unspecified atom stereocenters. The minimum absolute atomic E-state index is 0.467. The Labute approximate surface area is 111 Å². The third kappa shape index (κ3) is 2.38. The minimum Gasteiger partial charge on any atom is -0.332 e. The number of nitrogens with zero attached hydrogens (tertiary/aromatic N) is 3. The molecule has 0 aliphatic carbocycles. The number of rotatable bonds is 3. The van der Waals surface area contributed by atoms with E-state index in [-0.39, 0.29) is 0 Å². The van der Waals surface area contributed by atoms with Crippen LogP contribution in [0.1, 0.15) is 12.7 Å². The van der Waals surface area contributed by atoms with Crippen LogP contribution >= 0.6 is 0 Å². The second-order valence-electron chi connectivity index (χ2n) is 4.17. The molecule has 19 heavy (non-hydrogen) atoms. The van der Waals surface area contributed by atoms with Crippen molar-refractivity contribution in [2.75, 3.05) is 0 Å². The van der Waals surface area contributed by atoms with Gasteiger partial charge in [-0.2, -0.15) is 4.98 Å². The SMILES string of the molecule is CCc1noc(-c2cc(-c3ccccc3)ccn2)n1. The average Bonchev–Trinajstić information content (AvgIpc) is 2.97. The van der Waals surface area contributed by atoms with E-state index in [0.29, 0.717) is 17.4 Å². The summed E-state index contributed by atoms with van der Waals surface area (Å²) in [4.78, 5) is 8.58. The lowest BCUT2D eigenvalue weighted by atomic mass is 10.1. The highest BCUT2D eigenvalue weighted by atomic mass is 16.5. The third-order valence-electron chi connectivity index (χ3n) is 2.87. The van der Waals surface area contributed by atoms with Gasteiger partial charge in [0.25, 0.3) is 5.89 Å². The van der Waals surface area contributed by atoms with E-state index in [9.17, 15) is 0 Å². The maximum absolute atomic E-state index is 5.21. The van der Waals surface area contributed by atoms with E-state index >= 15 is 0 Å². The summed E-state index contributed by atoms with van der Waals surface area (Å²) >= 11 is 0. The van der Waals surface area contributed by atoms with Gasteiger partial charge >= 0.3 is 0 Å². The first-order chi connectivity index (χ1) is 9.36. The molecule has 4 heteroatoms. The largest absolute Gasteiger partial charge is 0.332 e. The first kappa shape index (κ1) is 11.6. The summed E-state index contributed by atoms with van der Waals surface area (Å²) in [6, 6.07) is 14.1. The van der Waals surface area contributed by atoms with E-state index in [0.717, 1.165) is 17.5 Å². The molecule has 0 amide bonds. The highest BCUT2D eigenvalue weighted by Crippen LogP contribution is 2.23. The Hall–Kier alpha value is -2.49. The van der Waals surface area contributed by atoms with Gasteiger partial charge in [-0.25, -0.2) is 0 Å². The van der Waals surface area contributed by atoms with Gasteiger partial charge in [0.2, 0.25) is 0 Å². The van der Waals surface area contributed by atoms with Crippen molar-refractivity contribution >= 4 is 0 Å². The van der Waals surface area contributed by atoms with Crippen LogP contribution in [0, 0.1) is 0 Å². The van der Waals surface area contributed by atoms with E-state index in [2.05, 4.69) is 27.3 Å². The van der Waals surface area contributed by atoms with Gasteiger partial charge in [0, 0.05) is 12.6 Å². The van der Waals surface area contributed by atoms with Crippen molar-refractivity contribution in [2.24, 2.45) is 0 Å². The number of pyridine rings is 1. The summed E-state index contributed by atoms with van der Waals surface area (Å²) in [5.74, 6) is 1.16. The molecule has 0 saturated heterocycles. The third-order valence-corrected chi connectivity index (χ3v) is 2.87. The van der Waals surface area contributed by atoms with Crippen LogP contribution in [0.5, 0.6) is 0 Å². The van der Waals surface area contributed by atoms with Gasteiger partial charge in [-0.15, -0.1) is 0 Å². The Balaban J connectivity index is 2.00. The van der Waals surface area contributed by atoms with E-state index in [1.54, 1.807) is 6.20 Å². The summed E-state index contributed by atoms with van der Waals surface area (Å²) in [7, 11) is 0. The van der Waals surface area contributed by atoms with E-state index in [1.165, 1.54) is 0 Å². The Morgan fingerprint density at radius 1 is 1.05 bits per heavy atom. The Morgan fingerprint density at radius 2 is 1.89 bits per heavy atom. The molecule has 0 atom stereocenters. The predicted octanol–water partition coefficient (Wildman–Crippen LogP) is 3.36. The van der Waals surface area contributed by atoms with Crippen LogP contribution in [0.3, 0.4) is 0 Å². The Morgan fingerprint density at radius 3 is 2.63 bits per heavy atom. The van der Waals surface area contributed by atoms with Crippen molar-refractivity contribution in [1.29, 1.82) is 0 Å². The molecule has 2 heterocycles. The summed E-state index contributed by atoms with van der Waals surface area (Å²) in [6.45, 7) is 1.99. The lowest BCUT2D eigenvalue weighted by Gasteiger charge is -2.01. The summed E-state index contributed by atoms with van der Waals surface area (Å²) in [5.41, 5.74) is 2.93. The van der Waals surface area contributed by atoms with E-state index in [4.69, 9.17) is 4.52 Å². The molecule has 0 bridgehead atoms. The van der Waals surface area contributed by atoms with Gasteiger partial charge in [-0.05, 0) is 23.3 Å². The van der Waals surface area contributed by atoms with Crippen molar-refractivity contribution in [1.82, 2.24) is 15.1 Å². The van der Waals surface area contributed by atoms with E-state index < -0.39 is 0 Å². The van der Waals surface area contributed by atoms with Crippen LogP contribution in [0.25, 0.3) is 22.7 Å². The fourth-order valence-electron chi connectivity index (χ4n) is 1.86. The van der Waals surface area contributed by atoms with Crippen molar-refractivity contribution in [3.63, 3.8) is 0 Å². The van der Waals surface area contributed by atoms with Gasteiger partial charge in [0.1, 0.15) is 5.69 Å². The molecule has 1 aromatic carbocycles. The number of aryl methyl sites for hydroxylation is 1. The molecular weight excluding hydrogens is 238 g/mol. The van der Waals surface area contributed by atoms with Gasteiger partial charge in [-0.1, -0.05) is 42.4 Å². The molecule has 94 valence electrons. The number of benzene rings is 1. The van der Waals surface area contributed by atoms with Gasteiger partial charge in [-0.3, -0.25) is 4.98 Å². The fraction of sp³-hybridized carbons (Fsp3) is 0.133. The fourth-order valence-corrected chi connectivity index (χ4v) is 1.86. The Bertz CT molecular complexity index is 677. The number of hydrogen-bond acceptors (Lipinski definition) is 4. The molecule has 4 nitrogen and oxygen atoms in total. The maximum atomic E-state index is 5.21. The summed E-state index contributed by atoms with van der Waals surface area (Å²) in [5, 5.41) is 3.89. The molecule has 0 N–H and O–H groups in total. The highest BCUT2D eigenvalue weighted by Gasteiger charge is 2.09. The van der Waals surface area contributed by atoms with Gasteiger partial charge < -0.3 is 4.52 Å². The summed E-state index contributed by atoms with van der Waals surface area (Å²) < 4.78 is 5.21. The van der Waals surface area contributed by atoms with E-state index in [1.807, 2.05) is 37.3 Å². The zero-order chi connectivity index (χ0) is 13.1. The molecule has 0 saturated carbocycles. The molecule has 0 fully saturated rings.